The highest BCUT2D eigenvalue weighted by Gasteiger charge is 2.15. The van der Waals surface area contributed by atoms with Crippen molar-refractivity contribution in [2.24, 2.45) is 0 Å². The molecule has 4 nitrogen and oxygen atoms in total. The van der Waals surface area contributed by atoms with Gasteiger partial charge in [-0.05, 0) is 37.9 Å². The summed E-state index contributed by atoms with van der Waals surface area (Å²) in [7, 11) is 3.87. The predicted molar refractivity (Wildman–Crippen MR) is 87.4 cm³/mol. The Morgan fingerprint density at radius 3 is 2.86 bits per heavy atom. The van der Waals surface area contributed by atoms with E-state index >= 15 is 0 Å². The van der Waals surface area contributed by atoms with Gasteiger partial charge in [-0.3, -0.25) is 0 Å². The maximum atomic E-state index is 9.79. The highest BCUT2D eigenvalue weighted by atomic mass is 35.5. The van der Waals surface area contributed by atoms with Crippen molar-refractivity contribution in [1.82, 2.24) is 10.2 Å². The molecule has 0 fully saturated rings. The van der Waals surface area contributed by atoms with Gasteiger partial charge in [-0.1, -0.05) is 23.2 Å². The molecule has 1 heterocycles. The van der Waals surface area contributed by atoms with Gasteiger partial charge in [0.15, 0.2) is 0 Å². The molecule has 6 heteroatoms. The minimum Gasteiger partial charge on any atom is -0.487 e. The molecule has 0 spiro atoms. The standard InChI is InChI=1S/C15H20Cl2N2O2/c1-19(2)8-13(20)7-18-6-10-3-11-4-12(16)5-14(17)15(11)21-9-10/h3-5,13,18,20H,6-9H2,1-2H3. The first-order chi connectivity index (χ1) is 9.95. The number of rotatable bonds is 6. The van der Waals surface area contributed by atoms with Crippen molar-refractivity contribution < 1.29 is 9.84 Å². The van der Waals surface area contributed by atoms with Crippen LogP contribution in [0.5, 0.6) is 5.75 Å². The van der Waals surface area contributed by atoms with Crippen LogP contribution in [0.1, 0.15) is 5.56 Å². The van der Waals surface area contributed by atoms with Crippen LogP contribution in [0.4, 0.5) is 0 Å². The Morgan fingerprint density at radius 2 is 2.14 bits per heavy atom. The third kappa shape index (κ3) is 4.87. The fraction of sp³-hybridized carbons (Fsp3) is 0.467. The molecule has 1 aliphatic heterocycles. The van der Waals surface area contributed by atoms with Crippen LogP contribution in [0, 0.1) is 0 Å². The first kappa shape index (κ1) is 16.6. The SMILES string of the molecule is CN(C)CC(O)CNCC1=Cc2cc(Cl)cc(Cl)c2OC1. The largest absolute Gasteiger partial charge is 0.487 e. The lowest BCUT2D eigenvalue weighted by Gasteiger charge is -2.21. The summed E-state index contributed by atoms with van der Waals surface area (Å²) in [4.78, 5) is 1.95. The molecule has 0 aromatic heterocycles. The van der Waals surface area contributed by atoms with Gasteiger partial charge in [-0.25, -0.2) is 0 Å². The van der Waals surface area contributed by atoms with Crippen LogP contribution in [-0.2, 0) is 0 Å². The van der Waals surface area contributed by atoms with Gasteiger partial charge in [-0.15, -0.1) is 0 Å². The van der Waals surface area contributed by atoms with E-state index in [9.17, 15) is 5.11 Å². The van der Waals surface area contributed by atoms with Gasteiger partial charge < -0.3 is 20.1 Å². The van der Waals surface area contributed by atoms with Gasteiger partial charge in [0.05, 0.1) is 11.1 Å². The Bertz CT molecular complexity index is 533. The molecule has 1 atom stereocenters. The molecule has 1 aromatic carbocycles. The van der Waals surface area contributed by atoms with Crippen LogP contribution < -0.4 is 10.1 Å². The van der Waals surface area contributed by atoms with Crippen LogP contribution >= 0.6 is 23.2 Å². The number of ether oxygens (including phenoxy) is 1. The van der Waals surface area contributed by atoms with Crippen LogP contribution in [0.15, 0.2) is 17.7 Å². The van der Waals surface area contributed by atoms with E-state index in [4.69, 9.17) is 27.9 Å². The minimum atomic E-state index is -0.388. The molecular weight excluding hydrogens is 311 g/mol. The van der Waals surface area contributed by atoms with Gasteiger partial charge in [-0.2, -0.15) is 0 Å². The van der Waals surface area contributed by atoms with E-state index in [-0.39, 0.29) is 6.10 Å². The second-order valence-electron chi connectivity index (χ2n) is 5.44. The first-order valence-corrected chi connectivity index (χ1v) is 7.56. The second-order valence-corrected chi connectivity index (χ2v) is 6.29. The molecule has 21 heavy (non-hydrogen) atoms. The lowest BCUT2D eigenvalue weighted by Crippen LogP contribution is -2.36. The quantitative estimate of drug-likeness (QED) is 0.840. The maximum Gasteiger partial charge on any atom is 0.145 e. The Hall–Kier alpha value is -0.780. The van der Waals surface area contributed by atoms with Crippen molar-refractivity contribution in [3.05, 3.63) is 33.3 Å². The zero-order valence-electron chi connectivity index (χ0n) is 12.2. The zero-order valence-corrected chi connectivity index (χ0v) is 13.7. The number of fused-ring (bicyclic) bond motifs is 1. The average molecular weight is 331 g/mol. The molecule has 0 radical (unpaired) electrons. The van der Waals surface area contributed by atoms with Gasteiger partial charge in [0.2, 0.25) is 0 Å². The summed E-state index contributed by atoms with van der Waals surface area (Å²) >= 11 is 12.1. The second kappa shape index (κ2) is 7.47. The molecule has 2 rings (SSSR count). The van der Waals surface area contributed by atoms with E-state index in [2.05, 4.69) is 5.32 Å². The first-order valence-electron chi connectivity index (χ1n) is 6.80. The lowest BCUT2D eigenvalue weighted by molar-refractivity contribution is 0.135. The van der Waals surface area contributed by atoms with E-state index in [0.29, 0.717) is 42.0 Å². The summed E-state index contributed by atoms with van der Waals surface area (Å²) in [5.41, 5.74) is 1.99. The van der Waals surface area contributed by atoms with Crippen molar-refractivity contribution in [3.8, 4) is 5.75 Å². The van der Waals surface area contributed by atoms with Gasteiger partial charge in [0, 0.05) is 30.2 Å². The molecule has 0 aliphatic carbocycles. The molecule has 1 aliphatic rings. The number of nitrogens with zero attached hydrogens (tertiary/aromatic N) is 1. The van der Waals surface area contributed by atoms with Crippen LogP contribution in [-0.4, -0.2) is 56.4 Å². The third-order valence-corrected chi connectivity index (χ3v) is 3.61. The predicted octanol–water partition coefficient (Wildman–Crippen LogP) is 2.28. The van der Waals surface area contributed by atoms with E-state index in [1.165, 1.54) is 0 Å². The molecule has 0 amide bonds. The Kier molecular flexibility index (Phi) is 5.90. The molecule has 0 saturated carbocycles. The van der Waals surface area contributed by atoms with E-state index in [1.54, 1.807) is 6.07 Å². The average Bonchev–Trinajstić information content (AvgIpc) is 2.37. The Labute approximate surface area is 135 Å². The highest BCUT2D eigenvalue weighted by molar-refractivity contribution is 6.36. The number of benzene rings is 1. The molecule has 0 bridgehead atoms. The van der Waals surface area contributed by atoms with E-state index in [1.807, 2.05) is 31.1 Å². The molecule has 1 unspecified atom stereocenters. The van der Waals surface area contributed by atoms with Crippen LogP contribution in [0.3, 0.4) is 0 Å². The lowest BCUT2D eigenvalue weighted by atomic mass is 10.1. The summed E-state index contributed by atoms with van der Waals surface area (Å²) in [6.45, 7) is 2.33. The minimum absolute atomic E-state index is 0.388. The van der Waals surface area contributed by atoms with Crippen molar-refractivity contribution in [2.75, 3.05) is 40.3 Å². The van der Waals surface area contributed by atoms with Crippen LogP contribution in [0.25, 0.3) is 6.08 Å². The van der Waals surface area contributed by atoms with Crippen molar-refractivity contribution in [2.45, 2.75) is 6.10 Å². The number of nitrogens with one attached hydrogen (secondary N) is 1. The molecule has 116 valence electrons. The van der Waals surface area contributed by atoms with Gasteiger partial charge >= 0.3 is 0 Å². The Balaban J connectivity index is 1.92. The zero-order chi connectivity index (χ0) is 15.4. The summed E-state index contributed by atoms with van der Waals surface area (Å²) in [6.07, 6.45) is 1.64. The summed E-state index contributed by atoms with van der Waals surface area (Å²) in [5.74, 6) is 0.678. The fourth-order valence-electron chi connectivity index (χ4n) is 2.25. The molecule has 2 N–H and O–H groups in total. The smallest absolute Gasteiger partial charge is 0.145 e. The fourth-order valence-corrected chi connectivity index (χ4v) is 2.82. The number of hydrogen-bond acceptors (Lipinski definition) is 4. The van der Waals surface area contributed by atoms with E-state index < -0.39 is 0 Å². The molecule has 0 saturated heterocycles. The van der Waals surface area contributed by atoms with Gasteiger partial charge in [0.25, 0.3) is 0 Å². The maximum absolute atomic E-state index is 9.79. The highest BCUT2D eigenvalue weighted by Crippen LogP contribution is 2.36. The van der Waals surface area contributed by atoms with E-state index in [0.717, 1.165) is 11.1 Å². The number of halogens is 2. The molecular formula is C15H20Cl2N2O2. The monoisotopic (exact) mass is 330 g/mol. The topological polar surface area (TPSA) is 44.7 Å². The summed E-state index contributed by atoms with van der Waals surface area (Å²) in [5, 5.41) is 14.1. The van der Waals surface area contributed by atoms with Crippen molar-refractivity contribution in [3.63, 3.8) is 0 Å². The summed E-state index contributed by atoms with van der Waals surface area (Å²) < 4.78 is 5.67. The third-order valence-electron chi connectivity index (χ3n) is 3.11. The summed E-state index contributed by atoms with van der Waals surface area (Å²) in [6, 6.07) is 3.51. The normalized spacial score (nSPS) is 15.4. The number of likely N-dealkylation sites (N-methyl/N-ethyl adjacent to an activating group) is 1. The number of hydrogen-bond donors (Lipinski definition) is 2. The Morgan fingerprint density at radius 1 is 1.38 bits per heavy atom. The van der Waals surface area contributed by atoms with Crippen molar-refractivity contribution >= 4 is 29.3 Å². The number of aliphatic hydroxyl groups excluding tert-OH is 1. The van der Waals surface area contributed by atoms with Crippen molar-refractivity contribution in [1.29, 1.82) is 0 Å². The van der Waals surface area contributed by atoms with Crippen LogP contribution in [0.2, 0.25) is 10.0 Å². The molecule has 1 aromatic rings. The number of aliphatic hydroxyl groups is 1. The van der Waals surface area contributed by atoms with Gasteiger partial charge in [0.1, 0.15) is 12.4 Å².